The van der Waals surface area contributed by atoms with Gasteiger partial charge in [0.2, 0.25) is 0 Å². The van der Waals surface area contributed by atoms with Gasteiger partial charge in [0.05, 0.1) is 16.7 Å². The van der Waals surface area contributed by atoms with Crippen LogP contribution in [0.3, 0.4) is 0 Å². The monoisotopic (exact) mass is 248 g/mol. The molecule has 0 aromatic carbocycles. The van der Waals surface area contributed by atoms with Crippen molar-refractivity contribution in [3.05, 3.63) is 39.9 Å². The third-order valence-electron chi connectivity index (χ3n) is 2.70. The average molecular weight is 248 g/mol. The number of aromatic nitrogens is 3. The highest BCUT2D eigenvalue weighted by molar-refractivity contribution is 7.11. The van der Waals surface area contributed by atoms with Crippen LogP contribution in [0.5, 0.6) is 0 Å². The highest BCUT2D eigenvalue weighted by atomic mass is 32.1. The molecule has 0 aliphatic rings. The molecular formula is C12H16N4S. The molecule has 4 nitrogen and oxygen atoms in total. The van der Waals surface area contributed by atoms with Gasteiger partial charge in [-0.2, -0.15) is 0 Å². The number of rotatable bonds is 4. The molecule has 5 heteroatoms. The fourth-order valence-corrected chi connectivity index (χ4v) is 2.59. The van der Waals surface area contributed by atoms with Gasteiger partial charge >= 0.3 is 0 Å². The molecule has 0 radical (unpaired) electrons. The standard InChI is InChI=1S/C12H16N4S/c1-8-9(2)17-11(16-8)7-10(13-3)12-14-5-4-6-15-12/h4-6,10,13H,7H2,1-3H3. The summed E-state index contributed by atoms with van der Waals surface area (Å²) in [6.45, 7) is 4.15. The highest BCUT2D eigenvalue weighted by Crippen LogP contribution is 2.21. The maximum Gasteiger partial charge on any atom is 0.145 e. The average Bonchev–Trinajstić information content (AvgIpc) is 2.67. The third-order valence-corrected chi connectivity index (χ3v) is 3.79. The van der Waals surface area contributed by atoms with Gasteiger partial charge in [0.25, 0.3) is 0 Å². The summed E-state index contributed by atoms with van der Waals surface area (Å²) in [5, 5.41) is 4.37. The van der Waals surface area contributed by atoms with Crippen LogP contribution in [0.15, 0.2) is 18.5 Å². The van der Waals surface area contributed by atoms with E-state index >= 15 is 0 Å². The minimum atomic E-state index is 0.126. The van der Waals surface area contributed by atoms with E-state index in [4.69, 9.17) is 0 Å². The van der Waals surface area contributed by atoms with E-state index < -0.39 is 0 Å². The summed E-state index contributed by atoms with van der Waals surface area (Å²) >= 11 is 1.75. The van der Waals surface area contributed by atoms with E-state index in [9.17, 15) is 0 Å². The zero-order chi connectivity index (χ0) is 12.3. The van der Waals surface area contributed by atoms with E-state index in [1.165, 1.54) is 4.88 Å². The fraction of sp³-hybridized carbons (Fsp3) is 0.417. The largest absolute Gasteiger partial charge is 0.310 e. The van der Waals surface area contributed by atoms with Crippen LogP contribution >= 0.6 is 11.3 Å². The van der Waals surface area contributed by atoms with Crippen LogP contribution in [0.25, 0.3) is 0 Å². The topological polar surface area (TPSA) is 50.7 Å². The summed E-state index contributed by atoms with van der Waals surface area (Å²) in [6, 6.07) is 1.95. The zero-order valence-electron chi connectivity index (χ0n) is 10.3. The van der Waals surface area contributed by atoms with Gasteiger partial charge in [0, 0.05) is 23.7 Å². The van der Waals surface area contributed by atoms with Crippen LogP contribution in [0, 0.1) is 13.8 Å². The Morgan fingerprint density at radius 1 is 1.29 bits per heavy atom. The van der Waals surface area contributed by atoms with Crippen LogP contribution in [-0.4, -0.2) is 22.0 Å². The molecule has 2 rings (SSSR count). The van der Waals surface area contributed by atoms with Gasteiger partial charge in [0.15, 0.2) is 0 Å². The number of nitrogens with zero attached hydrogens (tertiary/aromatic N) is 3. The Hall–Kier alpha value is -1.33. The maximum atomic E-state index is 4.55. The van der Waals surface area contributed by atoms with E-state index in [-0.39, 0.29) is 6.04 Å². The lowest BCUT2D eigenvalue weighted by Gasteiger charge is -2.12. The second-order valence-electron chi connectivity index (χ2n) is 3.90. The molecule has 1 atom stereocenters. The number of likely N-dealkylation sites (N-methyl/N-ethyl adjacent to an activating group) is 1. The summed E-state index contributed by atoms with van der Waals surface area (Å²) in [4.78, 5) is 14.4. The Morgan fingerprint density at radius 3 is 2.53 bits per heavy atom. The maximum absolute atomic E-state index is 4.55. The fourth-order valence-electron chi connectivity index (χ4n) is 1.61. The molecular weight excluding hydrogens is 232 g/mol. The molecule has 0 saturated heterocycles. The van der Waals surface area contributed by atoms with Crippen molar-refractivity contribution in [2.75, 3.05) is 7.05 Å². The van der Waals surface area contributed by atoms with Gasteiger partial charge in [-0.15, -0.1) is 11.3 Å². The van der Waals surface area contributed by atoms with E-state index in [1.54, 1.807) is 23.7 Å². The Morgan fingerprint density at radius 2 is 2.00 bits per heavy atom. The first kappa shape index (κ1) is 12.1. The van der Waals surface area contributed by atoms with Gasteiger partial charge in [-0.25, -0.2) is 15.0 Å². The number of hydrogen-bond donors (Lipinski definition) is 1. The Balaban J connectivity index is 2.15. The third kappa shape index (κ3) is 2.87. The predicted octanol–water partition coefficient (Wildman–Crippen LogP) is 2.05. The predicted molar refractivity (Wildman–Crippen MR) is 69.1 cm³/mol. The van der Waals surface area contributed by atoms with Gasteiger partial charge in [-0.1, -0.05) is 0 Å². The summed E-state index contributed by atoms with van der Waals surface area (Å²) in [6.07, 6.45) is 4.37. The van der Waals surface area contributed by atoms with Crippen LogP contribution in [0.2, 0.25) is 0 Å². The highest BCUT2D eigenvalue weighted by Gasteiger charge is 2.15. The zero-order valence-corrected chi connectivity index (χ0v) is 11.1. The molecule has 0 fully saturated rings. The van der Waals surface area contributed by atoms with Crippen molar-refractivity contribution < 1.29 is 0 Å². The lowest BCUT2D eigenvalue weighted by Crippen LogP contribution is -2.21. The van der Waals surface area contributed by atoms with Crippen molar-refractivity contribution >= 4 is 11.3 Å². The first-order valence-corrected chi connectivity index (χ1v) is 6.39. The quantitative estimate of drug-likeness (QED) is 0.899. The van der Waals surface area contributed by atoms with Crippen LogP contribution in [0.4, 0.5) is 0 Å². The second-order valence-corrected chi connectivity index (χ2v) is 5.19. The van der Waals surface area contributed by atoms with Crippen molar-refractivity contribution in [3.63, 3.8) is 0 Å². The molecule has 17 heavy (non-hydrogen) atoms. The van der Waals surface area contributed by atoms with Crippen molar-refractivity contribution in [2.45, 2.75) is 26.3 Å². The van der Waals surface area contributed by atoms with Crippen molar-refractivity contribution in [1.29, 1.82) is 0 Å². The first-order chi connectivity index (χ1) is 8.20. The lowest BCUT2D eigenvalue weighted by atomic mass is 10.2. The van der Waals surface area contributed by atoms with Gasteiger partial charge < -0.3 is 5.32 Å². The number of hydrogen-bond acceptors (Lipinski definition) is 5. The molecule has 0 aliphatic carbocycles. The molecule has 1 N–H and O–H groups in total. The summed E-state index contributed by atoms with van der Waals surface area (Å²) < 4.78 is 0. The van der Waals surface area contributed by atoms with E-state index in [1.807, 2.05) is 20.0 Å². The molecule has 1 unspecified atom stereocenters. The molecule has 2 aromatic heterocycles. The molecule has 2 aromatic rings. The Bertz CT molecular complexity index is 461. The van der Waals surface area contributed by atoms with Gasteiger partial charge in [-0.05, 0) is 27.0 Å². The lowest BCUT2D eigenvalue weighted by molar-refractivity contribution is 0.555. The van der Waals surface area contributed by atoms with E-state index in [2.05, 4.69) is 27.2 Å². The molecule has 0 saturated carbocycles. The first-order valence-electron chi connectivity index (χ1n) is 5.57. The molecule has 0 bridgehead atoms. The molecule has 2 heterocycles. The minimum absolute atomic E-state index is 0.126. The summed E-state index contributed by atoms with van der Waals surface area (Å²) in [5.74, 6) is 0.820. The molecule has 0 amide bonds. The van der Waals surface area contributed by atoms with E-state index in [0.29, 0.717) is 0 Å². The van der Waals surface area contributed by atoms with Crippen LogP contribution < -0.4 is 5.32 Å². The van der Waals surface area contributed by atoms with E-state index in [0.717, 1.165) is 22.9 Å². The number of thiazole rings is 1. The molecule has 0 aliphatic heterocycles. The van der Waals surface area contributed by atoms with Crippen molar-refractivity contribution in [1.82, 2.24) is 20.3 Å². The normalized spacial score (nSPS) is 12.6. The number of aryl methyl sites for hydroxylation is 2. The van der Waals surface area contributed by atoms with Crippen molar-refractivity contribution in [3.8, 4) is 0 Å². The minimum Gasteiger partial charge on any atom is -0.310 e. The molecule has 90 valence electrons. The second kappa shape index (κ2) is 5.33. The molecule has 0 spiro atoms. The SMILES string of the molecule is CNC(Cc1nc(C)c(C)s1)c1ncccn1. The van der Waals surface area contributed by atoms with Crippen LogP contribution in [-0.2, 0) is 6.42 Å². The Kier molecular flexibility index (Phi) is 3.81. The smallest absolute Gasteiger partial charge is 0.145 e. The van der Waals surface area contributed by atoms with Gasteiger partial charge in [0.1, 0.15) is 5.82 Å². The van der Waals surface area contributed by atoms with Crippen molar-refractivity contribution in [2.24, 2.45) is 0 Å². The Labute approximate surface area is 105 Å². The van der Waals surface area contributed by atoms with Gasteiger partial charge in [-0.3, -0.25) is 0 Å². The summed E-state index contributed by atoms with van der Waals surface area (Å²) in [7, 11) is 1.92. The number of nitrogens with one attached hydrogen (secondary N) is 1. The summed E-state index contributed by atoms with van der Waals surface area (Å²) in [5.41, 5.74) is 1.12. The van der Waals surface area contributed by atoms with Crippen LogP contribution in [0.1, 0.15) is 27.4 Å².